The molecule has 0 aliphatic carbocycles. The predicted octanol–water partition coefficient (Wildman–Crippen LogP) is 4.35. The lowest BCUT2D eigenvalue weighted by Gasteiger charge is -2.18. The smallest absolute Gasteiger partial charge is 0.132 e. The molecule has 3 nitrogen and oxygen atoms in total. The molecule has 3 rings (SSSR count). The summed E-state index contributed by atoms with van der Waals surface area (Å²) < 4.78 is 0. The van der Waals surface area contributed by atoms with E-state index in [1.165, 1.54) is 35.2 Å². The van der Waals surface area contributed by atoms with E-state index in [2.05, 4.69) is 55.3 Å². The number of hydrogen-bond donors (Lipinski definition) is 1. The molecule has 2 heterocycles. The molecule has 0 atom stereocenters. The van der Waals surface area contributed by atoms with E-state index >= 15 is 0 Å². The Bertz CT molecular complexity index is 620. The van der Waals surface area contributed by atoms with E-state index in [-0.39, 0.29) is 0 Å². The summed E-state index contributed by atoms with van der Waals surface area (Å²) in [4.78, 5) is 7.13. The molecule has 2 aromatic rings. The fourth-order valence-corrected chi connectivity index (χ4v) is 3.12. The van der Waals surface area contributed by atoms with E-state index in [0.29, 0.717) is 0 Å². The Morgan fingerprint density at radius 1 is 1.00 bits per heavy atom. The van der Waals surface area contributed by atoms with Gasteiger partial charge in [0.05, 0.1) is 0 Å². The molecule has 3 heteroatoms. The molecule has 1 aromatic carbocycles. The second-order valence-electron chi connectivity index (χ2n) is 5.97. The number of aryl methyl sites for hydroxylation is 3. The van der Waals surface area contributed by atoms with E-state index in [4.69, 9.17) is 4.98 Å². The van der Waals surface area contributed by atoms with Gasteiger partial charge in [0, 0.05) is 18.8 Å². The third-order valence-electron chi connectivity index (χ3n) is 4.09. The molecule has 0 spiro atoms. The number of pyridine rings is 1. The summed E-state index contributed by atoms with van der Waals surface area (Å²) in [7, 11) is 0. The molecule has 1 saturated heterocycles. The van der Waals surface area contributed by atoms with E-state index in [9.17, 15) is 0 Å². The Kier molecular flexibility index (Phi) is 3.82. The SMILES string of the molecule is Cc1cc(C)c(Nc2cccc(N3CCCC3)n2)c(C)c1. The van der Waals surface area contributed by atoms with Gasteiger partial charge in [-0.3, -0.25) is 0 Å². The Morgan fingerprint density at radius 2 is 1.67 bits per heavy atom. The monoisotopic (exact) mass is 281 g/mol. The number of aromatic nitrogens is 1. The summed E-state index contributed by atoms with van der Waals surface area (Å²) in [6, 6.07) is 10.6. The fourth-order valence-electron chi connectivity index (χ4n) is 3.12. The lowest BCUT2D eigenvalue weighted by molar-refractivity contribution is 0.939. The Balaban J connectivity index is 1.86. The first-order valence-corrected chi connectivity index (χ1v) is 7.70. The molecule has 0 radical (unpaired) electrons. The molecule has 0 bridgehead atoms. The zero-order valence-corrected chi connectivity index (χ0v) is 13.1. The largest absolute Gasteiger partial charge is 0.357 e. The van der Waals surface area contributed by atoms with Crippen LogP contribution in [-0.2, 0) is 0 Å². The standard InChI is InChI=1S/C18H23N3/c1-13-11-14(2)18(15(3)12-13)20-16-7-6-8-17(19-16)21-9-4-5-10-21/h6-8,11-12H,4-5,9-10H2,1-3H3,(H,19,20). The second-order valence-corrected chi connectivity index (χ2v) is 5.97. The molecular weight excluding hydrogens is 258 g/mol. The minimum atomic E-state index is 0.925. The summed E-state index contributed by atoms with van der Waals surface area (Å²) in [6.45, 7) is 8.67. The quantitative estimate of drug-likeness (QED) is 0.906. The lowest BCUT2D eigenvalue weighted by Crippen LogP contribution is -2.19. The van der Waals surface area contributed by atoms with Crippen molar-refractivity contribution >= 4 is 17.3 Å². The maximum atomic E-state index is 4.77. The number of nitrogens with one attached hydrogen (secondary N) is 1. The van der Waals surface area contributed by atoms with Crippen molar-refractivity contribution in [3.8, 4) is 0 Å². The van der Waals surface area contributed by atoms with Crippen LogP contribution in [0, 0.1) is 20.8 Å². The van der Waals surface area contributed by atoms with Gasteiger partial charge < -0.3 is 10.2 Å². The maximum absolute atomic E-state index is 4.77. The second kappa shape index (κ2) is 5.76. The predicted molar refractivity (Wildman–Crippen MR) is 89.6 cm³/mol. The summed E-state index contributed by atoms with van der Waals surface area (Å²) in [5.41, 5.74) is 5.00. The van der Waals surface area contributed by atoms with Gasteiger partial charge in [0.25, 0.3) is 0 Å². The van der Waals surface area contributed by atoms with Crippen LogP contribution in [0.2, 0.25) is 0 Å². The third kappa shape index (κ3) is 3.02. The molecular formula is C18H23N3. The van der Waals surface area contributed by atoms with E-state index < -0.39 is 0 Å². The summed E-state index contributed by atoms with van der Waals surface area (Å²) in [6.07, 6.45) is 2.55. The number of nitrogens with zero attached hydrogens (tertiary/aromatic N) is 2. The molecule has 110 valence electrons. The molecule has 0 unspecified atom stereocenters. The van der Waals surface area contributed by atoms with Gasteiger partial charge in [-0.25, -0.2) is 4.98 Å². The van der Waals surface area contributed by atoms with E-state index in [1.54, 1.807) is 0 Å². The van der Waals surface area contributed by atoms with Gasteiger partial charge in [0.2, 0.25) is 0 Å². The van der Waals surface area contributed by atoms with Crippen molar-refractivity contribution in [2.45, 2.75) is 33.6 Å². The molecule has 1 aromatic heterocycles. The van der Waals surface area contributed by atoms with Crippen molar-refractivity contribution in [2.24, 2.45) is 0 Å². The summed E-state index contributed by atoms with van der Waals surface area (Å²) >= 11 is 0. The first kappa shape index (κ1) is 13.9. The first-order valence-electron chi connectivity index (χ1n) is 7.70. The molecule has 0 amide bonds. The first-order chi connectivity index (χ1) is 10.1. The van der Waals surface area contributed by atoms with Crippen LogP contribution < -0.4 is 10.2 Å². The van der Waals surface area contributed by atoms with Crippen molar-refractivity contribution in [1.29, 1.82) is 0 Å². The van der Waals surface area contributed by atoms with Gasteiger partial charge in [-0.05, 0) is 56.9 Å². The summed E-state index contributed by atoms with van der Waals surface area (Å²) in [5.74, 6) is 2.01. The highest BCUT2D eigenvalue weighted by Crippen LogP contribution is 2.26. The topological polar surface area (TPSA) is 28.2 Å². The van der Waals surface area contributed by atoms with Crippen LogP contribution in [0.5, 0.6) is 0 Å². The zero-order chi connectivity index (χ0) is 14.8. The average Bonchev–Trinajstić information content (AvgIpc) is 2.97. The van der Waals surface area contributed by atoms with Gasteiger partial charge in [0.1, 0.15) is 11.6 Å². The third-order valence-corrected chi connectivity index (χ3v) is 4.09. The van der Waals surface area contributed by atoms with Crippen LogP contribution >= 0.6 is 0 Å². The highest BCUT2D eigenvalue weighted by Gasteiger charge is 2.14. The minimum Gasteiger partial charge on any atom is -0.357 e. The Hall–Kier alpha value is -2.03. The van der Waals surface area contributed by atoms with Crippen molar-refractivity contribution in [2.75, 3.05) is 23.3 Å². The van der Waals surface area contributed by atoms with Gasteiger partial charge in [-0.2, -0.15) is 0 Å². The number of rotatable bonds is 3. The molecule has 1 aliphatic heterocycles. The van der Waals surface area contributed by atoms with Gasteiger partial charge >= 0.3 is 0 Å². The molecule has 1 aliphatic rings. The van der Waals surface area contributed by atoms with E-state index in [0.717, 1.165) is 24.7 Å². The zero-order valence-electron chi connectivity index (χ0n) is 13.1. The van der Waals surface area contributed by atoms with Gasteiger partial charge in [-0.15, -0.1) is 0 Å². The normalized spacial score (nSPS) is 14.5. The van der Waals surface area contributed by atoms with E-state index in [1.807, 2.05) is 6.07 Å². The van der Waals surface area contributed by atoms with Crippen molar-refractivity contribution in [3.05, 3.63) is 47.0 Å². The molecule has 1 fully saturated rings. The molecule has 1 N–H and O–H groups in total. The van der Waals surface area contributed by atoms with Crippen LogP contribution in [0.1, 0.15) is 29.5 Å². The van der Waals surface area contributed by atoms with Crippen LogP contribution in [-0.4, -0.2) is 18.1 Å². The van der Waals surface area contributed by atoms with Crippen molar-refractivity contribution < 1.29 is 0 Å². The van der Waals surface area contributed by atoms with Crippen molar-refractivity contribution in [3.63, 3.8) is 0 Å². The maximum Gasteiger partial charge on any atom is 0.132 e. The van der Waals surface area contributed by atoms with Crippen molar-refractivity contribution in [1.82, 2.24) is 4.98 Å². The lowest BCUT2D eigenvalue weighted by atomic mass is 10.1. The van der Waals surface area contributed by atoms with Crippen LogP contribution in [0.15, 0.2) is 30.3 Å². The van der Waals surface area contributed by atoms with Crippen LogP contribution in [0.4, 0.5) is 17.3 Å². The number of benzene rings is 1. The molecule has 0 saturated carbocycles. The Labute approximate surface area is 127 Å². The number of hydrogen-bond acceptors (Lipinski definition) is 3. The van der Waals surface area contributed by atoms with Gasteiger partial charge in [0.15, 0.2) is 0 Å². The minimum absolute atomic E-state index is 0.925. The van der Waals surface area contributed by atoms with Crippen LogP contribution in [0.3, 0.4) is 0 Å². The molecule has 21 heavy (non-hydrogen) atoms. The number of anilines is 3. The Morgan fingerprint density at radius 3 is 2.33 bits per heavy atom. The average molecular weight is 281 g/mol. The van der Waals surface area contributed by atoms with Gasteiger partial charge in [-0.1, -0.05) is 23.8 Å². The summed E-state index contributed by atoms with van der Waals surface area (Å²) in [5, 5.41) is 3.49. The fraction of sp³-hybridized carbons (Fsp3) is 0.389. The highest BCUT2D eigenvalue weighted by molar-refractivity contribution is 5.66. The highest BCUT2D eigenvalue weighted by atomic mass is 15.2. The van der Waals surface area contributed by atoms with Crippen LogP contribution in [0.25, 0.3) is 0 Å².